The van der Waals surface area contributed by atoms with Gasteiger partial charge in [0.05, 0.1) is 5.69 Å². The van der Waals surface area contributed by atoms with E-state index in [1.807, 2.05) is 40.5 Å². The SMILES string of the molecule is CN=C(NCCCc1nnc2ccccn12)NC(C)Cc1c(C)nn(C)c1C. The van der Waals surface area contributed by atoms with Crippen molar-refractivity contribution < 1.29 is 0 Å². The Kier molecular flexibility index (Phi) is 6.28. The Balaban J connectivity index is 1.46. The van der Waals surface area contributed by atoms with Gasteiger partial charge in [0.2, 0.25) is 0 Å². The van der Waals surface area contributed by atoms with Crippen LogP contribution in [-0.2, 0) is 19.9 Å². The third-order valence-electron chi connectivity index (χ3n) is 5.03. The fraction of sp³-hybridized carbons (Fsp3) is 0.500. The summed E-state index contributed by atoms with van der Waals surface area (Å²) in [7, 11) is 3.79. The highest BCUT2D eigenvalue weighted by Gasteiger charge is 2.14. The van der Waals surface area contributed by atoms with Crippen molar-refractivity contribution >= 4 is 11.6 Å². The molecule has 0 aliphatic rings. The topological polar surface area (TPSA) is 84.4 Å². The van der Waals surface area contributed by atoms with Crippen LogP contribution in [-0.4, -0.2) is 50.0 Å². The summed E-state index contributed by atoms with van der Waals surface area (Å²) in [6.07, 6.45) is 4.73. The molecule has 0 bridgehead atoms. The predicted molar refractivity (Wildman–Crippen MR) is 112 cm³/mol. The third-order valence-corrected chi connectivity index (χ3v) is 5.03. The molecular weight excluding hydrogens is 352 g/mol. The van der Waals surface area contributed by atoms with Gasteiger partial charge >= 0.3 is 0 Å². The zero-order valence-electron chi connectivity index (χ0n) is 17.4. The minimum Gasteiger partial charge on any atom is -0.356 e. The van der Waals surface area contributed by atoms with E-state index < -0.39 is 0 Å². The fourth-order valence-corrected chi connectivity index (χ4v) is 3.41. The lowest BCUT2D eigenvalue weighted by Gasteiger charge is -2.18. The Morgan fingerprint density at radius 3 is 2.79 bits per heavy atom. The van der Waals surface area contributed by atoms with Gasteiger partial charge < -0.3 is 10.6 Å². The minimum absolute atomic E-state index is 0.258. The Bertz CT molecular complexity index is 952. The predicted octanol–water partition coefficient (Wildman–Crippen LogP) is 1.81. The summed E-state index contributed by atoms with van der Waals surface area (Å²) in [5.74, 6) is 1.80. The van der Waals surface area contributed by atoms with Gasteiger partial charge in [0.25, 0.3) is 0 Å². The first-order chi connectivity index (χ1) is 13.5. The van der Waals surface area contributed by atoms with Crippen molar-refractivity contribution in [3.8, 4) is 0 Å². The largest absolute Gasteiger partial charge is 0.356 e. The van der Waals surface area contributed by atoms with Crippen molar-refractivity contribution in [3.63, 3.8) is 0 Å². The summed E-state index contributed by atoms with van der Waals surface area (Å²) in [5.41, 5.74) is 4.50. The van der Waals surface area contributed by atoms with Crippen LogP contribution in [0.3, 0.4) is 0 Å². The van der Waals surface area contributed by atoms with Crippen LogP contribution in [0, 0.1) is 13.8 Å². The molecule has 1 atom stereocenters. The number of hydrogen-bond donors (Lipinski definition) is 2. The average molecular weight is 383 g/mol. The lowest BCUT2D eigenvalue weighted by molar-refractivity contribution is 0.629. The molecule has 3 heterocycles. The van der Waals surface area contributed by atoms with Crippen LogP contribution in [0.25, 0.3) is 5.65 Å². The number of aliphatic imine (C=N–C) groups is 1. The smallest absolute Gasteiger partial charge is 0.191 e. The second-order valence-electron chi connectivity index (χ2n) is 7.17. The van der Waals surface area contributed by atoms with Gasteiger partial charge in [0.15, 0.2) is 11.6 Å². The van der Waals surface area contributed by atoms with E-state index in [1.54, 1.807) is 7.05 Å². The van der Waals surface area contributed by atoms with E-state index >= 15 is 0 Å². The quantitative estimate of drug-likeness (QED) is 0.370. The Hall–Kier alpha value is -2.90. The van der Waals surface area contributed by atoms with Crippen molar-refractivity contribution in [3.05, 3.63) is 47.2 Å². The van der Waals surface area contributed by atoms with E-state index in [-0.39, 0.29) is 6.04 Å². The summed E-state index contributed by atoms with van der Waals surface area (Å²) in [6, 6.07) is 6.19. The Morgan fingerprint density at radius 1 is 1.25 bits per heavy atom. The molecule has 0 aromatic carbocycles. The van der Waals surface area contributed by atoms with Crippen LogP contribution >= 0.6 is 0 Å². The molecule has 0 aliphatic heterocycles. The van der Waals surface area contributed by atoms with Gasteiger partial charge in [-0.1, -0.05) is 6.07 Å². The zero-order valence-corrected chi connectivity index (χ0v) is 17.4. The second-order valence-corrected chi connectivity index (χ2v) is 7.17. The number of aryl methyl sites for hydroxylation is 3. The normalized spacial score (nSPS) is 13.1. The summed E-state index contributed by atoms with van der Waals surface area (Å²) < 4.78 is 3.98. The van der Waals surface area contributed by atoms with Gasteiger partial charge in [-0.25, -0.2) is 0 Å². The number of aromatic nitrogens is 5. The van der Waals surface area contributed by atoms with Crippen molar-refractivity contribution in [2.75, 3.05) is 13.6 Å². The maximum absolute atomic E-state index is 4.50. The molecule has 0 amide bonds. The first-order valence-corrected chi connectivity index (χ1v) is 9.74. The first kappa shape index (κ1) is 19.9. The maximum atomic E-state index is 4.50. The monoisotopic (exact) mass is 382 g/mol. The molecule has 150 valence electrons. The Labute approximate surface area is 166 Å². The highest BCUT2D eigenvalue weighted by atomic mass is 15.3. The van der Waals surface area contributed by atoms with E-state index in [1.165, 1.54) is 11.3 Å². The van der Waals surface area contributed by atoms with Crippen LogP contribution in [0.1, 0.15) is 36.1 Å². The highest BCUT2D eigenvalue weighted by Crippen LogP contribution is 2.14. The molecule has 0 saturated carbocycles. The number of nitrogens with zero attached hydrogens (tertiary/aromatic N) is 6. The molecule has 8 heteroatoms. The standard InChI is InChI=1S/C20H30N8/c1-14(13-17-15(2)26-27(5)16(17)3)23-20(21-4)22-11-8-10-19-25-24-18-9-6-7-12-28(18)19/h6-7,9,12,14H,8,10-11,13H2,1-5H3,(H2,21,22,23). The lowest BCUT2D eigenvalue weighted by atomic mass is 10.1. The molecule has 3 aromatic heterocycles. The first-order valence-electron chi connectivity index (χ1n) is 9.74. The lowest BCUT2D eigenvalue weighted by Crippen LogP contribution is -2.43. The number of nitrogens with one attached hydrogen (secondary N) is 2. The van der Waals surface area contributed by atoms with E-state index in [0.29, 0.717) is 0 Å². The van der Waals surface area contributed by atoms with Crippen molar-refractivity contribution in [2.45, 2.75) is 46.1 Å². The maximum Gasteiger partial charge on any atom is 0.191 e. The van der Waals surface area contributed by atoms with Gasteiger partial charge in [-0.2, -0.15) is 5.10 Å². The number of hydrogen-bond acceptors (Lipinski definition) is 4. The third kappa shape index (κ3) is 4.49. The highest BCUT2D eigenvalue weighted by molar-refractivity contribution is 5.79. The molecule has 3 aromatic rings. The summed E-state index contributed by atoms with van der Waals surface area (Å²) in [6.45, 7) is 7.17. The van der Waals surface area contributed by atoms with Crippen molar-refractivity contribution in [1.29, 1.82) is 0 Å². The average Bonchev–Trinajstić information content (AvgIpc) is 3.20. The van der Waals surface area contributed by atoms with Gasteiger partial charge in [0, 0.05) is 45.0 Å². The van der Waals surface area contributed by atoms with E-state index in [2.05, 4.69) is 51.7 Å². The van der Waals surface area contributed by atoms with Gasteiger partial charge in [0.1, 0.15) is 5.82 Å². The number of pyridine rings is 1. The fourth-order valence-electron chi connectivity index (χ4n) is 3.41. The molecule has 2 N–H and O–H groups in total. The van der Waals surface area contributed by atoms with Crippen LogP contribution < -0.4 is 10.6 Å². The molecule has 0 spiro atoms. The molecule has 0 aliphatic carbocycles. The van der Waals surface area contributed by atoms with Crippen LogP contribution in [0.15, 0.2) is 29.4 Å². The Morgan fingerprint density at radius 2 is 2.07 bits per heavy atom. The minimum atomic E-state index is 0.258. The van der Waals surface area contributed by atoms with E-state index in [4.69, 9.17) is 0 Å². The molecule has 0 fully saturated rings. The van der Waals surface area contributed by atoms with Crippen LogP contribution in [0.4, 0.5) is 0 Å². The van der Waals surface area contributed by atoms with Gasteiger partial charge in [-0.3, -0.25) is 14.1 Å². The van der Waals surface area contributed by atoms with E-state index in [9.17, 15) is 0 Å². The summed E-state index contributed by atoms with van der Waals surface area (Å²) in [5, 5.41) is 19.8. The molecule has 28 heavy (non-hydrogen) atoms. The van der Waals surface area contributed by atoms with Gasteiger partial charge in [-0.15, -0.1) is 10.2 Å². The molecule has 1 unspecified atom stereocenters. The molecule has 0 radical (unpaired) electrons. The van der Waals surface area contributed by atoms with Crippen LogP contribution in [0.5, 0.6) is 0 Å². The molecular formula is C20H30N8. The van der Waals surface area contributed by atoms with Gasteiger partial charge in [-0.05, 0) is 51.3 Å². The van der Waals surface area contributed by atoms with Crippen molar-refractivity contribution in [1.82, 2.24) is 35.0 Å². The second kappa shape index (κ2) is 8.86. The number of rotatable bonds is 7. The van der Waals surface area contributed by atoms with Crippen LogP contribution in [0.2, 0.25) is 0 Å². The van der Waals surface area contributed by atoms with Crippen molar-refractivity contribution in [2.24, 2.45) is 12.0 Å². The zero-order chi connectivity index (χ0) is 20.1. The molecule has 8 nitrogen and oxygen atoms in total. The summed E-state index contributed by atoms with van der Waals surface area (Å²) in [4.78, 5) is 4.34. The van der Waals surface area contributed by atoms with E-state index in [0.717, 1.165) is 48.9 Å². The number of fused-ring (bicyclic) bond motifs is 1. The molecule has 0 saturated heterocycles. The number of guanidine groups is 1. The summed E-state index contributed by atoms with van der Waals surface area (Å²) >= 11 is 0. The molecule has 3 rings (SSSR count).